The Balaban J connectivity index is 2.71. The fourth-order valence-electron chi connectivity index (χ4n) is 1.51. The average Bonchev–Trinajstić information content (AvgIpc) is 2.31. The van der Waals surface area contributed by atoms with Crippen molar-refractivity contribution < 1.29 is 0 Å². The quantitative estimate of drug-likeness (QED) is 0.778. The Morgan fingerprint density at radius 2 is 2.08 bits per heavy atom. The van der Waals surface area contributed by atoms with E-state index in [2.05, 4.69) is 25.9 Å². The molecule has 0 saturated carbocycles. The highest BCUT2D eigenvalue weighted by atomic mass is 15.3. The SMILES string of the molecule is Cc1nn(C(C)CC(C)C)cc1N. The standard InChI is InChI=1S/C10H19N3/c1-7(2)5-8(3)13-6-10(11)9(4)12-13/h6-8H,5,11H2,1-4H3. The van der Waals surface area contributed by atoms with Gasteiger partial charge in [-0.05, 0) is 26.2 Å². The first-order valence-electron chi connectivity index (χ1n) is 4.82. The van der Waals surface area contributed by atoms with Crippen molar-refractivity contribution in [2.24, 2.45) is 5.92 Å². The predicted octanol–water partition coefficient (Wildman–Crippen LogP) is 2.38. The smallest absolute Gasteiger partial charge is 0.0823 e. The third-order valence-corrected chi connectivity index (χ3v) is 2.22. The molecule has 0 aliphatic rings. The second-order valence-corrected chi connectivity index (χ2v) is 4.13. The molecule has 74 valence electrons. The Labute approximate surface area is 79.9 Å². The zero-order valence-electron chi connectivity index (χ0n) is 8.91. The highest BCUT2D eigenvalue weighted by Gasteiger charge is 2.09. The van der Waals surface area contributed by atoms with E-state index >= 15 is 0 Å². The average molecular weight is 181 g/mol. The summed E-state index contributed by atoms with van der Waals surface area (Å²) < 4.78 is 1.96. The molecule has 0 saturated heterocycles. The Hall–Kier alpha value is -0.990. The summed E-state index contributed by atoms with van der Waals surface area (Å²) in [5.74, 6) is 0.695. The Morgan fingerprint density at radius 1 is 1.46 bits per heavy atom. The number of aromatic nitrogens is 2. The van der Waals surface area contributed by atoms with Crippen molar-refractivity contribution in [3.05, 3.63) is 11.9 Å². The minimum atomic E-state index is 0.441. The van der Waals surface area contributed by atoms with E-state index in [0.717, 1.165) is 17.8 Å². The summed E-state index contributed by atoms with van der Waals surface area (Å²) in [4.78, 5) is 0. The first kappa shape index (κ1) is 10.1. The van der Waals surface area contributed by atoms with Crippen molar-refractivity contribution in [2.75, 3.05) is 5.73 Å². The van der Waals surface area contributed by atoms with Crippen LogP contribution in [-0.4, -0.2) is 9.78 Å². The van der Waals surface area contributed by atoms with Crippen LogP contribution in [0.15, 0.2) is 6.20 Å². The van der Waals surface area contributed by atoms with Gasteiger partial charge in [-0.3, -0.25) is 4.68 Å². The highest BCUT2D eigenvalue weighted by Crippen LogP contribution is 2.18. The lowest BCUT2D eigenvalue weighted by atomic mass is 10.1. The van der Waals surface area contributed by atoms with Crippen LogP contribution in [0.1, 0.15) is 38.9 Å². The molecule has 0 spiro atoms. The lowest BCUT2D eigenvalue weighted by Gasteiger charge is -2.13. The van der Waals surface area contributed by atoms with Gasteiger partial charge >= 0.3 is 0 Å². The van der Waals surface area contributed by atoms with Gasteiger partial charge in [0.15, 0.2) is 0 Å². The van der Waals surface area contributed by atoms with E-state index in [-0.39, 0.29) is 0 Å². The largest absolute Gasteiger partial charge is 0.396 e. The summed E-state index contributed by atoms with van der Waals surface area (Å²) in [7, 11) is 0. The molecule has 2 N–H and O–H groups in total. The van der Waals surface area contributed by atoms with Crippen molar-refractivity contribution in [1.29, 1.82) is 0 Å². The van der Waals surface area contributed by atoms with E-state index in [4.69, 9.17) is 5.73 Å². The second-order valence-electron chi connectivity index (χ2n) is 4.13. The third kappa shape index (κ3) is 2.47. The molecule has 1 rings (SSSR count). The number of aryl methyl sites for hydroxylation is 1. The van der Waals surface area contributed by atoms with Crippen molar-refractivity contribution >= 4 is 5.69 Å². The van der Waals surface area contributed by atoms with Crippen LogP contribution in [0.25, 0.3) is 0 Å². The van der Waals surface area contributed by atoms with Gasteiger partial charge in [0.1, 0.15) is 0 Å². The lowest BCUT2D eigenvalue weighted by molar-refractivity contribution is 0.397. The van der Waals surface area contributed by atoms with Gasteiger partial charge in [0, 0.05) is 12.2 Å². The molecule has 3 heteroatoms. The molecule has 0 aromatic carbocycles. The molecule has 0 fully saturated rings. The number of rotatable bonds is 3. The van der Waals surface area contributed by atoms with Crippen molar-refractivity contribution in [3.8, 4) is 0 Å². The van der Waals surface area contributed by atoms with E-state index in [0.29, 0.717) is 12.0 Å². The van der Waals surface area contributed by atoms with Crippen LogP contribution in [0.4, 0.5) is 5.69 Å². The fourth-order valence-corrected chi connectivity index (χ4v) is 1.51. The van der Waals surface area contributed by atoms with Crippen molar-refractivity contribution in [1.82, 2.24) is 9.78 Å². The van der Waals surface area contributed by atoms with Crippen LogP contribution in [0.3, 0.4) is 0 Å². The molecule has 13 heavy (non-hydrogen) atoms. The minimum Gasteiger partial charge on any atom is -0.396 e. The topological polar surface area (TPSA) is 43.8 Å². The van der Waals surface area contributed by atoms with Gasteiger partial charge in [-0.1, -0.05) is 13.8 Å². The zero-order chi connectivity index (χ0) is 10.0. The number of hydrogen-bond donors (Lipinski definition) is 1. The first-order valence-corrected chi connectivity index (χ1v) is 4.82. The summed E-state index contributed by atoms with van der Waals surface area (Å²) in [5.41, 5.74) is 7.44. The van der Waals surface area contributed by atoms with Crippen LogP contribution in [0.5, 0.6) is 0 Å². The number of nitrogens with zero attached hydrogens (tertiary/aromatic N) is 2. The molecule has 0 amide bonds. The number of anilines is 1. The van der Waals surface area contributed by atoms with Crippen molar-refractivity contribution in [3.63, 3.8) is 0 Å². The summed E-state index contributed by atoms with van der Waals surface area (Å²) in [6.45, 7) is 8.55. The van der Waals surface area contributed by atoms with E-state index in [1.807, 2.05) is 17.8 Å². The van der Waals surface area contributed by atoms with Crippen LogP contribution in [0, 0.1) is 12.8 Å². The first-order chi connectivity index (χ1) is 6.00. The lowest BCUT2D eigenvalue weighted by Crippen LogP contribution is -2.08. The number of nitrogens with two attached hydrogens (primary N) is 1. The molecule has 0 bridgehead atoms. The Morgan fingerprint density at radius 3 is 2.46 bits per heavy atom. The van der Waals surface area contributed by atoms with E-state index < -0.39 is 0 Å². The monoisotopic (exact) mass is 181 g/mol. The minimum absolute atomic E-state index is 0.441. The molecule has 0 radical (unpaired) electrons. The van der Waals surface area contributed by atoms with Gasteiger partial charge in [-0.15, -0.1) is 0 Å². The summed E-state index contributed by atoms with van der Waals surface area (Å²) in [6, 6.07) is 0.441. The molecule has 1 atom stereocenters. The maximum absolute atomic E-state index is 5.73. The molecule has 1 aromatic heterocycles. The molecule has 3 nitrogen and oxygen atoms in total. The van der Waals surface area contributed by atoms with Crippen LogP contribution in [0.2, 0.25) is 0 Å². The summed E-state index contributed by atoms with van der Waals surface area (Å²) >= 11 is 0. The Bertz CT molecular complexity index is 256. The molecular formula is C10H19N3. The van der Waals surface area contributed by atoms with E-state index in [9.17, 15) is 0 Å². The predicted molar refractivity (Wildman–Crippen MR) is 55.5 cm³/mol. The fraction of sp³-hybridized carbons (Fsp3) is 0.700. The van der Waals surface area contributed by atoms with Crippen LogP contribution >= 0.6 is 0 Å². The van der Waals surface area contributed by atoms with E-state index in [1.54, 1.807) is 0 Å². The highest BCUT2D eigenvalue weighted by molar-refractivity contribution is 5.39. The summed E-state index contributed by atoms with van der Waals surface area (Å²) in [6.07, 6.45) is 3.06. The number of nitrogen functional groups attached to an aromatic ring is 1. The number of hydrogen-bond acceptors (Lipinski definition) is 2. The van der Waals surface area contributed by atoms with Gasteiger partial charge in [0.2, 0.25) is 0 Å². The van der Waals surface area contributed by atoms with Crippen molar-refractivity contribution in [2.45, 2.75) is 40.2 Å². The van der Waals surface area contributed by atoms with Crippen LogP contribution in [-0.2, 0) is 0 Å². The second kappa shape index (κ2) is 3.81. The van der Waals surface area contributed by atoms with Gasteiger partial charge in [-0.25, -0.2) is 0 Å². The molecule has 0 aliphatic heterocycles. The van der Waals surface area contributed by atoms with Gasteiger partial charge in [0.05, 0.1) is 11.4 Å². The summed E-state index contributed by atoms with van der Waals surface area (Å²) in [5, 5.41) is 4.35. The molecule has 1 aromatic rings. The molecule has 1 heterocycles. The third-order valence-electron chi connectivity index (χ3n) is 2.22. The van der Waals surface area contributed by atoms with Gasteiger partial charge in [0.25, 0.3) is 0 Å². The molecule has 0 aliphatic carbocycles. The van der Waals surface area contributed by atoms with Crippen LogP contribution < -0.4 is 5.73 Å². The Kier molecular flexibility index (Phi) is 2.96. The molecule has 1 unspecified atom stereocenters. The normalized spacial score (nSPS) is 13.6. The van der Waals surface area contributed by atoms with E-state index in [1.165, 1.54) is 0 Å². The zero-order valence-corrected chi connectivity index (χ0v) is 8.91. The molecular weight excluding hydrogens is 162 g/mol. The van der Waals surface area contributed by atoms with Gasteiger partial charge in [-0.2, -0.15) is 5.10 Å². The van der Waals surface area contributed by atoms with Gasteiger partial charge < -0.3 is 5.73 Å². The maximum atomic E-state index is 5.73. The maximum Gasteiger partial charge on any atom is 0.0823 e.